The Kier molecular flexibility index (Phi) is 5.43. The van der Waals surface area contributed by atoms with Crippen LogP contribution in [0.15, 0.2) is 72.8 Å². The maximum Gasteiger partial charge on any atom is 0.271 e. The molecule has 0 fully saturated rings. The molecule has 0 unspecified atom stereocenters. The molecule has 0 aliphatic rings. The molecular weight excluding hydrogens is 335 g/mol. The number of hydrogen-bond donors (Lipinski definition) is 1. The Morgan fingerprint density at radius 3 is 2.46 bits per heavy atom. The summed E-state index contributed by atoms with van der Waals surface area (Å²) in [4.78, 5) is 10.4. The van der Waals surface area contributed by atoms with Crippen LogP contribution in [-0.2, 0) is 13.2 Å². The second-order valence-electron chi connectivity index (χ2n) is 5.72. The highest BCUT2D eigenvalue weighted by atomic mass is 19.1. The van der Waals surface area contributed by atoms with Crippen LogP contribution in [0.2, 0.25) is 0 Å². The van der Waals surface area contributed by atoms with Crippen molar-refractivity contribution in [2.75, 3.05) is 5.32 Å². The lowest BCUT2D eigenvalue weighted by Gasteiger charge is -2.09. The van der Waals surface area contributed by atoms with Crippen LogP contribution in [0.5, 0.6) is 5.75 Å². The molecule has 0 amide bonds. The molecule has 3 aromatic rings. The van der Waals surface area contributed by atoms with Gasteiger partial charge in [-0.3, -0.25) is 10.1 Å². The van der Waals surface area contributed by atoms with Gasteiger partial charge in [-0.1, -0.05) is 30.3 Å². The molecule has 0 saturated carbocycles. The number of anilines is 1. The van der Waals surface area contributed by atoms with Crippen LogP contribution >= 0.6 is 0 Å². The minimum Gasteiger partial charge on any atom is -0.489 e. The van der Waals surface area contributed by atoms with Crippen LogP contribution in [0, 0.1) is 15.9 Å². The van der Waals surface area contributed by atoms with Gasteiger partial charge in [0, 0.05) is 24.4 Å². The third-order valence-electron chi connectivity index (χ3n) is 3.77. The van der Waals surface area contributed by atoms with Crippen LogP contribution in [0.4, 0.5) is 15.8 Å². The smallest absolute Gasteiger partial charge is 0.271 e. The van der Waals surface area contributed by atoms with E-state index in [0.29, 0.717) is 24.6 Å². The fraction of sp³-hybridized carbons (Fsp3) is 0.100. The van der Waals surface area contributed by atoms with E-state index in [1.54, 1.807) is 24.3 Å². The quantitative estimate of drug-likeness (QED) is 0.484. The van der Waals surface area contributed by atoms with Gasteiger partial charge in [0.15, 0.2) is 0 Å². The van der Waals surface area contributed by atoms with Crippen molar-refractivity contribution in [2.45, 2.75) is 13.2 Å². The van der Waals surface area contributed by atoms with Crippen LogP contribution in [-0.4, -0.2) is 4.92 Å². The van der Waals surface area contributed by atoms with E-state index < -0.39 is 4.92 Å². The average Bonchev–Trinajstić information content (AvgIpc) is 2.66. The summed E-state index contributed by atoms with van der Waals surface area (Å²) in [5.41, 5.74) is 2.51. The highest BCUT2D eigenvalue weighted by Gasteiger charge is 2.05. The van der Waals surface area contributed by atoms with Gasteiger partial charge in [0.25, 0.3) is 5.69 Å². The van der Waals surface area contributed by atoms with E-state index in [0.717, 1.165) is 11.1 Å². The second kappa shape index (κ2) is 8.11. The minimum absolute atomic E-state index is 0.0519. The zero-order valence-corrected chi connectivity index (χ0v) is 13.9. The van der Waals surface area contributed by atoms with Crippen molar-refractivity contribution in [3.05, 3.63) is 99.9 Å². The monoisotopic (exact) mass is 352 g/mol. The summed E-state index contributed by atoms with van der Waals surface area (Å²) >= 11 is 0. The summed E-state index contributed by atoms with van der Waals surface area (Å²) in [7, 11) is 0. The van der Waals surface area contributed by atoms with E-state index in [4.69, 9.17) is 4.74 Å². The summed E-state index contributed by atoms with van der Waals surface area (Å²) in [5, 5.41) is 13.9. The van der Waals surface area contributed by atoms with Gasteiger partial charge in [-0.25, -0.2) is 4.39 Å². The summed E-state index contributed by atoms with van der Waals surface area (Å²) in [6, 6.07) is 20.2. The van der Waals surface area contributed by atoms with Gasteiger partial charge in [0.2, 0.25) is 0 Å². The molecule has 0 aromatic heterocycles. The molecule has 6 heteroatoms. The SMILES string of the molecule is O=[N+]([O-])c1cccc(NCc2ccc(OCc3cccc(F)c3)cc2)c1. The predicted molar refractivity (Wildman–Crippen MR) is 97.6 cm³/mol. The standard InChI is InChI=1S/C20H17FN2O3/c21-17-4-1-3-16(11-17)14-26-20-9-7-15(8-10-20)13-22-18-5-2-6-19(12-18)23(24)25/h1-12,22H,13-14H2. The van der Waals surface area contributed by atoms with Gasteiger partial charge in [-0.2, -0.15) is 0 Å². The first kappa shape index (κ1) is 17.4. The van der Waals surface area contributed by atoms with Crippen LogP contribution < -0.4 is 10.1 Å². The molecule has 0 heterocycles. The number of halogens is 1. The Hall–Kier alpha value is -3.41. The fourth-order valence-corrected chi connectivity index (χ4v) is 2.43. The summed E-state index contributed by atoms with van der Waals surface area (Å²) in [6.45, 7) is 0.828. The molecule has 0 aliphatic heterocycles. The molecule has 0 bridgehead atoms. The van der Waals surface area contributed by atoms with Crippen LogP contribution in [0.1, 0.15) is 11.1 Å². The average molecular weight is 352 g/mol. The van der Waals surface area contributed by atoms with E-state index in [2.05, 4.69) is 5.32 Å². The molecule has 1 N–H and O–H groups in total. The topological polar surface area (TPSA) is 64.4 Å². The molecular formula is C20H17FN2O3. The van der Waals surface area contributed by atoms with E-state index in [1.165, 1.54) is 24.3 Å². The lowest BCUT2D eigenvalue weighted by molar-refractivity contribution is -0.384. The van der Waals surface area contributed by atoms with Gasteiger partial charge in [0.1, 0.15) is 18.2 Å². The molecule has 132 valence electrons. The van der Waals surface area contributed by atoms with Crippen molar-refractivity contribution in [3.8, 4) is 5.75 Å². The van der Waals surface area contributed by atoms with E-state index in [1.807, 2.05) is 24.3 Å². The Bertz CT molecular complexity index is 898. The van der Waals surface area contributed by atoms with Gasteiger partial charge >= 0.3 is 0 Å². The first-order valence-electron chi connectivity index (χ1n) is 8.05. The Balaban J connectivity index is 1.54. The molecule has 0 atom stereocenters. The Labute approximate surface area is 150 Å². The summed E-state index contributed by atoms with van der Waals surface area (Å²) < 4.78 is 18.8. The number of non-ortho nitro benzene ring substituents is 1. The summed E-state index contributed by atoms with van der Waals surface area (Å²) in [5.74, 6) is 0.405. The van der Waals surface area contributed by atoms with Crippen molar-refractivity contribution >= 4 is 11.4 Å². The number of hydrogen-bond acceptors (Lipinski definition) is 4. The maximum atomic E-state index is 13.1. The number of nitro benzene ring substituents is 1. The number of ether oxygens (including phenoxy) is 1. The first-order chi connectivity index (χ1) is 12.6. The second-order valence-corrected chi connectivity index (χ2v) is 5.72. The zero-order chi connectivity index (χ0) is 18.4. The first-order valence-corrected chi connectivity index (χ1v) is 8.05. The highest BCUT2D eigenvalue weighted by Crippen LogP contribution is 2.19. The Morgan fingerprint density at radius 1 is 0.962 bits per heavy atom. The molecule has 0 saturated heterocycles. The van der Waals surface area contributed by atoms with Gasteiger partial charge in [-0.05, 0) is 41.5 Å². The molecule has 3 rings (SSSR count). The lowest BCUT2D eigenvalue weighted by Crippen LogP contribution is -2.00. The molecule has 0 spiro atoms. The largest absolute Gasteiger partial charge is 0.489 e. The van der Waals surface area contributed by atoms with E-state index in [-0.39, 0.29) is 11.5 Å². The van der Waals surface area contributed by atoms with Crippen LogP contribution in [0.3, 0.4) is 0 Å². The van der Waals surface area contributed by atoms with E-state index in [9.17, 15) is 14.5 Å². The lowest BCUT2D eigenvalue weighted by atomic mass is 10.2. The third kappa shape index (κ3) is 4.80. The van der Waals surface area contributed by atoms with Crippen molar-refractivity contribution in [1.29, 1.82) is 0 Å². The maximum absolute atomic E-state index is 13.1. The van der Waals surface area contributed by atoms with Crippen molar-refractivity contribution < 1.29 is 14.1 Å². The number of nitrogens with zero attached hydrogens (tertiary/aromatic N) is 1. The Morgan fingerprint density at radius 2 is 1.73 bits per heavy atom. The van der Waals surface area contributed by atoms with Gasteiger partial charge in [-0.15, -0.1) is 0 Å². The van der Waals surface area contributed by atoms with Crippen molar-refractivity contribution in [2.24, 2.45) is 0 Å². The molecule has 0 aliphatic carbocycles. The number of benzene rings is 3. The third-order valence-corrected chi connectivity index (χ3v) is 3.77. The van der Waals surface area contributed by atoms with Crippen molar-refractivity contribution in [1.82, 2.24) is 0 Å². The van der Waals surface area contributed by atoms with Crippen molar-refractivity contribution in [3.63, 3.8) is 0 Å². The normalized spacial score (nSPS) is 10.3. The molecule has 3 aromatic carbocycles. The highest BCUT2D eigenvalue weighted by molar-refractivity contribution is 5.51. The molecule has 26 heavy (non-hydrogen) atoms. The molecule has 0 radical (unpaired) electrons. The number of rotatable bonds is 7. The van der Waals surface area contributed by atoms with E-state index >= 15 is 0 Å². The number of nitrogens with one attached hydrogen (secondary N) is 1. The fourth-order valence-electron chi connectivity index (χ4n) is 2.43. The zero-order valence-electron chi connectivity index (χ0n) is 13.9. The predicted octanol–water partition coefficient (Wildman–Crippen LogP) is 4.93. The van der Waals surface area contributed by atoms with Gasteiger partial charge < -0.3 is 10.1 Å². The minimum atomic E-state index is -0.421. The van der Waals surface area contributed by atoms with Gasteiger partial charge in [0.05, 0.1) is 4.92 Å². The number of nitro groups is 1. The summed E-state index contributed by atoms with van der Waals surface area (Å²) in [6.07, 6.45) is 0. The molecule has 5 nitrogen and oxygen atoms in total. The van der Waals surface area contributed by atoms with Crippen LogP contribution in [0.25, 0.3) is 0 Å².